The van der Waals surface area contributed by atoms with E-state index < -0.39 is 5.97 Å². The normalized spacial score (nSPS) is 8.87. The van der Waals surface area contributed by atoms with E-state index in [2.05, 4.69) is 11.8 Å². The van der Waals surface area contributed by atoms with E-state index in [1.54, 1.807) is 11.8 Å². The van der Waals surface area contributed by atoms with Crippen LogP contribution in [0.4, 0.5) is 5.69 Å². The van der Waals surface area contributed by atoms with Crippen LogP contribution in [0.5, 0.6) is 0 Å². The number of aliphatic carboxylic acids is 1. The first-order chi connectivity index (χ1) is 7.24. The van der Waals surface area contributed by atoms with Crippen LogP contribution in [0, 0.1) is 11.8 Å². The molecule has 0 fully saturated rings. The average Bonchev–Trinajstić information content (AvgIpc) is 2.25. The smallest absolute Gasteiger partial charge is 0.323 e. The number of hydrogen-bond acceptors (Lipinski definition) is 2. The van der Waals surface area contributed by atoms with Gasteiger partial charge >= 0.3 is 5.97 Å². The summed E-state index contributed by atoms with van der Waals surface area (Å²) < 4.78 is 0. The quantitative estimate of drug-likeness (QED) is 0.756. The van der Waals surface area contributed by atoms with Gasteiger partial charge in [-0.05, 0) is 19.1 Å². The highest BCUT2D eigenvalue weighted by atomic mass is 16.4. The molecule has 1 rings (SSSR count). The van der Waals surface area contributed by atoms with Gasteiger partial charge in [-0.25, -0.2) is 0 Å². The highest BCUT2D eigenvalue weighted by Crippen LogP contribution is 2.11. The van der Waals surface area contributed by atoms with Crippen molar-refractivity contribution >= 4 is 11.7 Å². The molecular formula is C12H13NO2. The first kappa shape index (κ1) is 11.1. The molecule has 0 unspecified atom stereocenters. The zero-order valence-corrected chi connectivity index (χ0v) is 8.60. The Morgan fingerprint density at radius 2 is 2.07 bits per heavy atom. The minimum Gasteiger partial charge on any atom is -0.480 e. The number of nitrogens with zero attached hydrogens (tertiary/aromatic N) is 1. The molecule has 1 N–H and O–H groups in total. The fourth-order valence-corrected chi connectivity index (χ4v) is 1.22. The number of carbonyl (C=O) groups is 1. The van der Waals surface area contributed by atoms with Crippen LogP contribution in [-0.2, 0) is 4.79 Å². The molecule has 78 valence electrons. The summed E-state index contributed by atoms with van der Waals surface area (Å²) in [4.78, 5) is 12.4. The number of hydrogen-bond donors (Lipinski definition) is 1. The number of benzene rings is 1. The summed E-state index contributed by atoms with van der Waals surface area (Å²) in [6.45, 7) is 2.15. The summed E-state index contributed by atoms with van der Waals surface area (Å²) >= 11 is 0. The van der Waals surface area contributed by atoms with E-state index in [1.807, 2.05) is 30.3 Å². The van der Waals surface area contributed by atoms with E-state index in [0.717, 1.165) is 5.69 Å². The second-order valence-electron chi connectivity index (χ2n) is 3.01. The molecule has 1 aromatic carbocycles. The average molecular weight is 203 g/mol. The lowest BCUT2D eigenvalue weighted by molar-refractivity contribution is -0.135. The third-order valence-corrected chi connectivity index (χ3v) is 1.89. The molecule has 0 aliphatic rings. The molecule has 0 bridgehead atoms. The van der Waals surface area contributed by atoms with Crippen LogP contribution in [-0.4, -0.2) is 24.2 Å². The fourth-order valence-electron chi connectivity index (χ4n) is 1.22. The summed E-state index contributed by atoms with van der Waals surface area (Å²) in [5, 5.41) is 8.75. The number of anilines is 1. The molecule has 0 aliphatic heterocycles. The Labute approximate surface area is 89.3 Å². The Bertz CT molecular complexity index is 376. The lowest BCUT2D eigenvalue weighted by Crippen LogP contribution is -2.29. The van der Waals surface area contributed by atoms with Gasteiger partial charge in [-0.1, -0.05) is 24.1 Å². The lowest BCUT2D eigenvalue weighted by atomic mass is 10.3. The SMILES string of the molecule is CC#CCN(CC(=O)O)c1ccccc1. The first-order valence-electron chi connectivity index (χ1n) is 4.65. The number of para-hydroxylation sites is 1. The summed E-state index contributed by atoms with van der Waals surface area (Å²) in [6, 6.07) is 9.40. The Balaban J connectivity index is 2.79. The zero-order valence-electron chi connectivity index (χ0n) is 8.60. The molecule has 3 heteroatoms. The van der Waals surface area contributed by atoms with Crippen molar-refractivity contribution < 1.29 is 9.90 Å². The summed E-state index contributed by atoms with van der Waals surface area (Å²) in [5.41, 5.74) is 0.877. The van der Waals surface area contributed by atoms with Crippen LogP contribution in [0.15, 0.2) is 30.3 Å². The summed E-state index contributed by atoms with van der Waals surface area (Å²) in [5.74, 6) is 4.77. The molecule has 0 saturated carbocycles. The van der Waals surface area contributed by atoms with Crippen LogP contribution in [0.2, 0.25) is 0 Å². The molecule has 1 aromatic rings. The molecule has 0 spiro atoms. The van der Waals surface area contributed by atoms with Crippen LogP contribution >= 0.6 is 0 Å². The van der Waals surface area contributed by atoms with Gasteiger partial charge in [0.15, 0.2) is 0 Å². The topological polar surface area (TPSA) is 40.5 Å². The maximum atomic E-state index is 10.7. The van der Waals surface area contributed by atoms with Gasteiger partial charge in [-0.2, -0.15) is 0 Å². The van der Waals surface area contributed by atoms with Gasteiger partial charge < -0.3 is 10.0 Å². The Kier molecular flexibility index (Phi) is 4.24. The van der Waals surface area contributed by atoms with Gasteiger partial charge in [-0.15, -0.1) is 5.92 Å². The second-order valence-corrected chi connectivity index (χ2v) is 3.01. The first-order valence-corrected chi connectivity index (χ1v) is 4.65. The monoisotopic (exact) mass is 203 g/mol. The molecule has 0 aliphatic carbocycles. The maximum Gasteiger partial charge on any atom is 0.323 e. The summed E-state index contributed by atoms with van der Waals surface area (Å²) in [6.07, 6.45) is 0. The third kappa shape index (κ3) is 3.74. The van der Waals surface area contributed by atoms with Crippen molar-refractivity contribution in [2.45, 2.75) is 6.92 Å². The van der Waals surface area contributed by atoms with Crippen molar-refractivity contribution in [2.24, 2.45) is 0 Å². The van der Waals surface area contributed by atoms with E-state index in [9.17, 15) is 4.79 Å². The molecule has 0 saturated heterocycles. The van der Waals surface area contributed by atoms with E-state index in [1.165, 1.54) is 0 Å². The Morgan fingerprint density at radius 1 is 1.40 bits per heavy atom. The largest absolute Gasteiger partial charge is 0.480 e. The molecule has 15 heavy (non-hydrogen) atoms. The van der Waals surface area contributed by atoms with Gasteiger partial charge in [0.25, 0.3) is 0 Å². The standard InChI is InChI=1S/C12H13NO2/c1-2-3-9-13(10-12(14)15)11-7-5-4-6-8-11/h4-8H,9-10H2,1H3,(H,14,15). The molecule has 0 radical (unpaired) electrons. The van der Waals surface area contributed by atoms with E-state index >= 15 is 0 Å². The lowest BCUT2D eigenvalue weighted by Gasteiger charge is -2.19. The maximum absolute atomic E-state index is 10.7. The van der Waals surface area contributed by atoms with Crippen molar-refractivity contribution in [1.82, 2.24) is 0 Å². The molecule has 0 heterocycles. The van der Waals surface area contributed by atoms with Crippen molar-refractivity contribution in [3.8, 4) is 11.8 Å². The van der Waals surface area contributed by atoms with Crippen molar-refractivity contribution in [2.75, 3.05) is 18.0 Å². The van der Waals surface area contributed by atoms with E-state index in [4.69, 9.17) is 5.11 Å². The number of carboxylic acid groups (broad SMARTS) is 1. The second kappa shape index (κ2) is 5.71. The minimum atomic E-state index is -0.850. The fraction of sp³-hybridized carbons (Fsp3) is 0.250. The van der Waals surface area contributed by atoms with Gasteiger partial charge in [-0.3, -0.25) is 4.79 Å². The third-order valence-electron chi connectivity index (χ3n) is 1.89. The van der Waals surface area contributed by atoms with Crippen LogP contribution in [0.3, 0.4) is 0 Å². The molecule has 3 nitrogen and oxygen atoms in total. The number of rotatable bonds is 4. The molecule has 0 atom stereocenters. The van der Waals surface area contributed by atoms with Gasteiger partial charge in [0.1, 0.15) is 6.54 Å². The van der Waals surface area contributed by atoms with Gasteiger partial charge in [0.05, 0.1) is 6.54 Å². The predicted molar refractivity (Wildman–Crippen MR) is 59.7 cm³/mol. The van der Waals surface area contributed by atoms with Crippen molar-refractivity contribution in [1.29, 1.82) is 0 Å². The van der Waals surface area contributed by atoms with Crippen LogP contribution in [0.25, 0.3) is 0 Å². The van der Waals surface area contributed by atoms with E-state index in [0.29, 0.717) is 6.54 Å². The zero-order chi connectivity index (χ0) is 11.1. The predicted octanol–water partition coefficient (Wildman–Crippen LogP) is 1.60. The highest BCUT2D eigenvalue weighted by Gasteiger charge is 2.08. The summed E-state index contributed by atoms with van der Waals surface area (Å²) in [7, 11) is 0. The molecular weight excluding hydrogens is 190 g/mol. The highest BCUT2D eigenvalue weighted by molar-refractivity contribution is 5.73. The van der Waals surface area contributed by atoms with Crippen molar-refractivity contribution in [3.63, 3.8) is 0 Å². The van der Waals surface area contributed by atoms with Crippen molar-refractivity contribution in [3.05, 3.63) is 30.3 Å². The Hall–Kier alpha value is -1.95. The van der Waals surface area contributed by atoms with Crippen LogP contribution in [0.1, 0.15) is 6.92 Å². The van der Waals surface area contributed by atoms with Crippen LogP contribution < -0.4 is 4.90 Å². The van der Waals surface area contributed by atoms with E-state index in [-0.39, 0.29) is 6.54 Å². The van der Waals surface area contributed by atoms with Gasteiger partial charge in [0.2, 0.25) is 0 Å². The number of carboxylic acids is 1. The Morgan fingerprint density at radius 3 is 2.60 bits per heavy atom. The minimum absolute atomic E-state index is 0.0291. The molecule has 0 aromatic heterocycles. The molecule has 0 amide bonds. The van der Waals surface area contributed by atoms with Gasteiger partial charge in [0, 0.05) is 5.69 Å².